The molecule has 0 spiro atoms. The molecule has 2 atom stereocenters. The zero-order valence-corrected chi connectivity index (χ0v) is 16.9. The van der Waals surface area contributed by atoms with Crippen LogP contribution in [-0.4, -0.2) is 50.8 Å². The van der Waals surface area contributed by atoms with Crippen molar-refractivity contribution in [2.45, 2.75) is 25.4 Å². The molecule has 3 aromatic rings. The Bertz CT molecular complexity index is 1120. The molecule has 0 radical (unpaired) electrons. The van der Waals surface area contributed by atoms with Gasteiger partial charge in [0, 0.05) is 49.4 Å². The van der Waals surface area contributed by atoms with Gasteiger partial charge >= 0.3 is 0 Å². The molecular weight excluding hydrogens is 380 g/mol. The predicted molar refractivity (Wildman–Crippen MR) is 113 cm³/mol. The Hall–Kier alpha value is -3.26. The van der Waals surface area contributed by atoms with Gasteiger partial charge in [-0.3, -0.25) is 9.69 Å². The number of rotatable bonds is 5. The molecular formula is C22H24N6O2. The molecule has 2 aliphatic heterocycles. The number of hydrogen-bond acceptors (Lipinski definition) is 6. The molecule has 0 unspecified atom stereocenters. The number of piperidine rings is 1. The fraction of sp³-hybridized carbons (Fsp3) is 0.364. The predicted octanol–water partition coefficient (Wildman–Crippen LogP) is 1.95. The number of fused-ring (bicyclic) bond motifs is 4. The smallest absolute Gasteiger partial charge is 0.250 e. The largest absolute Gasteiger partial charge is 0.496 e. The van der Waals surface area contributed by atoms with Crippen LogP contribution < -0.4 is 10.3 Å². The molecule has 0 saturated carbocycles. The van der Waals surface area contributed by atoms with Gasteiger partial charge in [-0.15, -0.1) is 9.89 Å². The summed E-state index contributed by atoms with van der Waals surface area (Å²) in [6.45, 7) is 3.54. The van der Waals surface area contributed by atoms with E-state index in [1.165, 1.54) is 16.8 Å². The monoisotopic (exact) mass is 404 g/mol. The number of benzene rings is 1. The van der Waals surface area contributed by atoms with E-state index in [9.17, 15) is 4.79 Å². The Balaban J connectivity index is 1.37. The van der Waals surface area contributed by atoms with Crippen LogP contribution in [0.25, 0.3) is 0 Å². The van der Waals surface area contributed by atoms with E-state index in [2.05, 4.69) is 32.2 Å². The summed E-state index contributed by atoms with van der Waals surface area (Å²) in [5, 5.41) is 8.28. The SMILES string of the molecule is COc1ccc(/C=N\n2cncn2)cc1CN1C[C@@H]2C[C@@H](C1)c1cccc(=O)n1C2. The van der Waals surface area contributed by atoms with Crippen molar-refractivity contribution >= 4 is 6.21 Å². The van der Waals surface area contributed by atoms with E-state index in [0.29, 0.717) is 11.8 Å². The maximum atomic E-state index is 12.2. The van der Waals surface area contributed by atoms with Crippen LogP contribution in [0.15, 0.2) is 58.9 Å². The van der Waals surface area contributed by atoms with Gasteiger partial charge in [0.2, 0.25) is 0 Å². The zero-order chi connectivity index (χ0) is 20.5. The van der Waals surface area contributed by atoms with Crippen LogP contribution in [-0.2, 0) is 13.1 Å². The molecule has 8 heteroatoms. The first-order chi connectivity index (χ1) is 14.7. The van der Waals surface area contributed by atoms with Gasteiger partial charge in [0.25, 0.3) is 5.56 Å². The Labute approximate surface area is 174 Å². The summed E-state index contributed by atoms with van der Waals surface area (Å²) in [6.07, 6.45) is 5.93. The molecule has 0 N–H and O–H groups in total. The number of nitrogens with zero attached hydrogens (tertiary/aromatic N) is 6. The molecule has 5 rings (SSSR count). The topological polar surface area (TPSA) is 77.5 Å². The lowest BCUT2D eigenvalue weighted by Crippen LogP contribution is -2.46. The highest BCUT2D eigenvalue weighted by atomic mass is 16.5. The van der Waals surface area contributed by atoms with Crippen molar-refractivity contribution in [3.63, 3.8) is 0 Å². The van der Waals surface area contributed by atoms with Gasteiger partial charge < -0.3 is 9.30 Å². The number of aromatic nitrogens is 4. The summed E-state index contributed by atoms with van der Waals surface area (Å²) in [7, 11) is 1.70. The third kappa shape index (κ3) is 3.66. The van der Waals surface area contributed by atoms with Crippen molar-refractivity contribution in [2.75, 3.05) is 20.2 Å². The fourth-order valence-corrected chi connectivity index (χ4v) is 4.76. The zero-order valence-electron chi connectivity index (χ0n) is 16.9. The lowest BCUT2D eigenvalue weighted by Gasteiger charge is -2.42. The maximum absolute atomic E-state index is 12.2. The summed E-state index contributed by atoms with van der Waals surface area (Å²) in [6, 6.07) is 11.7. The minimum Gasteiger partial charge on any atom is -0.496 e. The van der Waals surface area contributed by atoms with Crippen molar-refractivity contribution in [2.24, 2.45) is 11.0 Å². The second-order valence-corrected chi connectivity index (χ2v) is 8.02. The summed E-state index contributed by atoms with van der Waals surface area (Å²) in [5.74, 6) is 1.77. The summed E-state index contributed by atoms with van der Waals surface area (Å²) < 4.78 is 7.58. The molecule has 1 saturated heterocycles. The third-order valence-electron chi connectivity index (χ3n) is 5.99. The van der Waals surface area contributed by atoms with E-state index in [-0.39, 0.29) is 5.56 Å². The molecule has 2 aliphatic rings. The number of likely N-dealkylation sites (tertiary alicyclic amines) is 1. The van der Waals surface area contributed by atoms with Crippen LogP contribution in [0.5, 0.6) is 5.75 Å². The third-order valence-corrected chi connectivity index (χ3v) is 5.99. The first kappa shape index (κ1) is 18.7. The van der Waals surface area contributed by atoms with Crippen LogP contribution in [0.2, 0.25) is 0 Å². The minimum atomic E-state index is 0.122. The van der Waals surface area contributed by atoms with Gasteiger partial charge in [-0.1, -0.05) is 6.07 Å². The van der Waals surface area contributed by atoms with Crippen LogP contribution in [0, 0.1) is 5.92 Å². The highest BCUT2D eigenvalue weighted by Gasteiger charge is 2.34. The Kier molecular flexibility index (Phi) is 4.92. The first-order valence-electron chi connectivity index (χ1n) is 10.2. The maximum Gasteiger partial charge on any atom is 0.250 e. The van der Waals surface area contributed by atoms with Crippen molar-refractivity contribution in [1.82, 2.24) is 24.3 Å². The molecule has 2 bridgehead atoms. The number of ether oxygens (including phenoxy) is 1. The average molecular weight is 404 g/mol. The van der Waals surface area contributed by atoms with E-state index in [0.717, 1.165) is 49.5 Å². The molecule has 30 heavy (non-hydrogen) atoms. The molecule has 1 aromatic carbocycles. The molecule has 1 fully saturated rings. The highest BCUT2D eigenvalue weighted by molar-refractivity contribution is 5.80. The number of pyridine rings is 1. The van der Waals surface area contributed by atoms with Crippen molar-refractivity contribution in [3.8, 4) is 5.75 Å². The minimum absolute atomic E-state index is 0.122. The Morgan fingerprint density at radius 3 is 3.00 bits per heavy atom. The molecule has 0 amide bonds. The van der Waals surface area contributed by atoms with Crippen LogP contribution in [0.4, 0.5) is 0 Å². The van der Waals surface area contributed by atoms with Gasteiger partial charge in [-0.25, -0.2) is 4.98 Å². The summed E-state index contributed by atoms with van der Waals surface area (Å²) >= 11 is 0. The lowest BCUT2D eigenvalue weighted by molar-refractivity contribution is 0.113. The standard InChI is InChI=1S/C22H24N6O2/c1-30-21-6-5-16(9-24-28-15-23-14-25-28)7-19(21)13-26-10-17-8-18(12-26)20-3-2-4-22(29)27(20)11-17/h2-7,9,14-15,17-18H,8,10-13H2,1H3/b24-9-/t17-,18-/m0/s1. The normalized spacial score (nSPS) is 21.0. The van der Waals surface area contributed by atoms with Crippen molar-refractivity contribution in [1.29, 1.82) is 0 Å². The Morgan fingerprint density at radius 2 is 2.17 bits per heavy atom. The molecule has 0 aliphatic carbocycles. The summed E-state index contributed by atoms with van der Waals surface area (Å²) in [5.41, 5.74) is 3.40. The number of hydrogen-bond donors (Lipinski definition) is 0. The molecule has 4 heterocycles. The average Bonchev–Trinajstić information content (AvgIpc) is 3.27. The van der Waals surface area contributed by atoms with Gasteiger partial charge in [-0.05, 0) is 42.2 Å². The van der Waals surface area contributed by atoms with Crippen molar-refractivity contribution in [3.05, 3.63) is 76.2 Å². The second kappa shape index (κ2) is 7.87. The van der Waals surface area contributed by atoms with Crippen LogP contribution >= 0.6 is 0 Å². The van der Waals surface area contributed by atoms with Gasteiger partial charge in [0.05, 0.1) is 13.3 Å². The van der Waals surface area contributed by atoms with E-state index in [4.69, 9.17) is 4.74 Å². The van der Waals surface area contributed by atoms with E-state index >= 15 is 0 Å². The molecule has 2 aromatic heterocycles. The van der Waals surface area contributed by atoms with Gasteiger partial charge in [-0.2, -0.15) is 5.10 Å². The quantitative estimate of drug-likeness (QED) is 0.608. The highest BCUT2D eigenvalue weighted by Crippen LogP contribution is 2.36. The first-order valence-corrected chi connectivity index (χ1v) is 10.2. The van der Waals surface area contributed by atoms with Crippen LogP contribution in [0.3, 0.4) is 0 Å². The second-order valence-electron chi connectivity index (χ2n) is 8.02. The molecule has 154 valence electrons. The summed E-state index contributed by atoms with van der Waals surface area (Å²) in [4.78, 5) is 20.0. The fourth-order valence-electron chi connectivity index (χ4n) is 4.76. The van der Waals surface area contributed by atoms with Crippen LogP contribution in [0.1, 0.15) is 29.2 Å². The lowest BCUT2D eigenvalue weighted by atomic mass is 9.83. The Morgan fingerprint density at radius 1 is 1.23 bits per heavy atom. The van der Waals surface area contributed by atoms with Gasteiger partial charge in [0.1, 0.15) is 18.4 Å². The van der Waals surface area contributed by atoms with Gasteiger partial charge in [0.15, 0.2) is 0 Å². The number of methoxy groups -OCH3 is 1. The van der Waals surface area contributed by atoms with E-state index < -0.39 is 0 Å². The van der Waals surface area contributed by atoms with E-state index in [1.54, 1.807) is 25.7 Å². The van der Waals surface area contributed by atoms with E-state index in [1.807, 2.05) is 22.8 Å². The molecule has 8 nitrogen and oxygen atoms in total. The van der Waals surface area contributed by atoms with Crippen molar-refractivity contribution < 1.29 is 4.74 Å².